The van der Waals surface area contributed by atoms with E-state index in [0.29, 0.717) is 16.0 Å². The van der Waals surface area contributed by atoms with Gasteiger partial charge in [0, 0.05) is 5.56 Å². The number of halogens is 3. The first-order valence-electron chi connectivity index (χ1n) is 4.54. The van der Waals surface area contributed by atoms with Gasteiger partial charge in [0.25, 0.3) is 0 Å². The number of aromatic nitrogens is 2. The minimum atomic E-state index is 0.461. The molecule has 2 rings (SSSR count). The van der Waals surface area contributed by atoms with Crippen molar-refractivity contribution in [2.75, 3.05) is 0 Å². The summed E-state index contributed by atoms with van der Waals surface area (Å²) in [4.78, 5) is 8.60. The summed E-state index contributed by atoms with van der Waals surface area (Å²) in [7, 11) is 0. The van der Waals surface area contributed by atoms with Crippen LogP contribution in [0.4, 0.5) is 0 Å². The van der Waals surface area contributed by atoms with Crippen LogP contribution < -0.4 is 0 Å². The fraction of sp³-hybridized carbons (Fsp3) is 0.0909. The third-order valence-corrected chi connectivity index (χ3v) is 4.30. The van der Waals surface area contributed by atoms with Crippen molar-refractivity contribution in [3.63, 3.8) is 0 Å². The van der Waals surface area contributed by atoms with Gasteiger partial charge in [-0.05, 0) is 41.6 Å². The molecule has 0 spiro atoms. The Labute approximate surface area is 117 Å². The monoisotopic (exact) mass is 364 g/mol. The minimum Gasteiger partial charge on any atom is -0.232 e. The number of benzene rings is 1. The average Bonchev–Trinajstić information content (AvgIpc) is 2.26. The van der Waals surface area contributed by atoms with E-state index in [-0.39, 0.29) is 0 Å². The first-order chi connectivity index (χ1) is 7.59. The lowest BCUT2D eigenvalue weighted by Gasteiger charge is -2.06. The highest BCUT2D eigenvalue weighted by atomic mass is 127. The Morgan fingerprint density at radius 1 is 1.12 bits per heavy atom. The first-order valence-corrected chi connectivity index (χ1v) is 6.37. The maximum absolute atomic E-state index is 6.08. The summed E-state index contributed by atoms with van der Waals surface area (Å²) in [5.41, 5.74) is 1.65. The van der Waals surface area contributed by atoms with Gasteiger partial charge in [0.05, 0.1) is 14.3 Å². The lowest BCUT2D eigenvalue weighted by molar-refractivity contribution is 1.09. The first kappa shape index (κ1) is 12.1. The Morgan fingerprint density at radius 2 is 1.81 bits per heavy atom. The molecule has 0 aliphatic carbocycles. The second-order valence-corrected chi connectivity index (χ2v) is 5.06. The van der Waals surface area contributed by atoms with Crippen LogP contribution in [0.25, 0.3) is 11.4 Å². The number of aryl methyl sites for hydroxylation is 1. The van der Waals surface area contributed by atoms with Crippen molar-refractivity contribution in [2.24, 2.45) is 0 Å². The predicted molar refractivity (Wildman–Crippen MR) is 74.9 cm³/mol. The van der Waals surface area contributed by atoms with E-state index in [0.717, 1.165) is 14.8 Å². The summed E-state index contributed by atoms with van der Waals surface area (Å²) >= 11 is 14.2. The van der Waals surface area contributed by atoms with Crippen molar-refractivity contribution in [1.82, 2.24) is 9.97 Å². The number of hydrogen-bond donors (Lipinski definition) is 0. The zero-order chi connectivity index (χ0) is 11.7. The van der Waals surface area contributed by atoms with E-state index in [1.54, 1.807) is 6.07 Å². The van der Waals surface area contributed by atoms with Gasteiger partial charge in [0.1, 0.15) is 5.15 Å². The molecule has 1 heterocycles. The normalized spacial score (nSPS) is 10.5. The van der Waals surface area contributed by atoms with Gasteiger partial charge >= 0.3 is 0 Å². The molecule has 1 aromatic heterocycles. The second-order valence-electron chi connectivity index (χ2n) is 3.22. The molecule has 0 atom stereocenters. The molecular formula is C11H7Cl2IN2. The lowest BCUT2D eigenvalue weighted by Crippen LogP contribution is -1.96. The molecule has 0 aliphatic heterocycles. The van der Waals surface area contributed by atoms with Gasteiger partial charge < -0.3 is 0 Å². The zero-order valence-corrected chi connectivity index (χ0v) is 12.0. The quantitative estimate of drug-likeness (QED) is 0.554. The van der Waals surface area contributed by atoms with Gasteiger partial charge in [-0.2, -0.15) is 0 Å². The molecule has 2 nitrogen and oxygen atoms in total. The van der Waals surface area contributed by atoms with Crippen LogP contribution in [0.1, 0.15) is 5.69 Å². The standard InChI is InChI=1S/C11H7Cl2IN2/c1-6-9(14)10(13)16-11(15-6)7-4-2-3-5-8(7)12/h2-5H,1H3. The maximum Gasteiger partial charge on any atom is 0.162 e. The molecule has 0 amide bonds. The molecule has 82 valence electrons. The Bertz CT molecular complexity index is 520. The van der Waals surface area contributed by atoms with E-state index in [1.165, 1.54) is 0 Å². The summed E-state index contributed by atoms with van der Waals surface area (Å²) in [5.74, 6) is 0.563. The van der Waals surface area contributed by atoms with Crippen LogP contribution in [0.2, 0.25) is 10.2 Å². The third kappa shape index (κ3) is 2.31. The number of hydrogen-bond acceptors (Lipinski definition) is 2. The summed E-state index contributed by atoms with van der Waals surface area (Å²) in [6.07, 6.45) is 0. The van der Waals surface area contributed by atoms with Crippen LogP contribution in [-0.4, -0.2) is 9.97 Å². The van der Waals surface area contributed by atoms with Crippen LogP contribution in [0.15, 0.2) is 24.3 Å². The van der Waals surface area contributed by atoms with Crippen LogP contribution in [0.3, 0.4) is 0 Å². The zero-order valence-electron chi connectivity index (χ0n) is 8.34. The van der Waals surface area contributed by atoms with Gasteiger partial charge in [0.2, 0.25) is 0 Å². The Balaban J connectivity index is 2.62. The Morgan fingerprint density at radius 3 is 2.44 bits per heavy atom. The molecule has 0 radical (unpaired) electrons. The molecule has 1 aromatic carbocycles. The van der Waals surface area contributed by atoms with E-state index < -0.39 is 0 Å². The largest absolute Gasteiger partial charge is 0.232 e. The Hall–Kier alpha value is -0.390. The van der Waals surface area contributed by atoms with Gasteiger partial charge in [0.15, 0.2) is 5.82 Å². The molecule has 5 heteroatoms. The summed E-state index contributed by atoms with van der Waals surface area (Å²) < 4.78 is 0.870. The molecule has 16 heavy (non-hydrogen) atoms. The summed E-state index contributed by atoms with van der Waals surface area (Å²) in [6.45, 7) is 1.90. The van der Waals surface area contributed by atoms with Crippen LogP contribution in [0, 0.1) is 10.5 Å². The highest BCUT2D eigenvalue weighted by Gasteiger charge is 2.10. The molecule has 0 N–H and O–H groups in total. The smallest absolute Gasteiger partial charge is 0.162 e. The topological polar surface area (TPSA) is 25.8 Å². The summed E-state index contributed by atoms with van der Waals surface area (Å²) in [6, 6.07) is 7.44. The van der Waals surface area contributed by atoms with Crippen molar-refractivity contribution in [3.8, 4) is 11.4 Å². The van der Waals surface area contributed by atoms with Gasteiger partial charge in [-0.1, -0.05) is 35.3 Å². The summed E-state index contributed by atoms with van der Waals surface area (Å²) in [5, 5.41) is 1.09. The van der Waals surface area contributed by atoms with E-state index >= 15 is 0 Å². The Kier molecular flexibility index (Phi) is 3.66. The van der Waals surface area contributed by atoms with Crippen molar-refractivity contribution < 1.29 is 0 Å². The molecule has 2 aromatic rings. The van der Waals surface area contributed by atoms with Crippen molar-refractivity contribution in [3.05, 3.63) is 43.7 Å². The van der Waals surface area contributed by atoms with Gasteiger partial charge in [-0.15, -0.1) is 0 Å². The predicted octanol–water partition coefficient (Wildman–Crippen LogP) is 4.36. The van der Waals surface area contributed by atoms with Gasteiger partial charge in [-0.3, -0.25) is 0 Å². The van der Waals surface area contributed by atoms with E-state index in [4.69, 9.17) is 23.2 Å². The second kappa shape index (κ2) is 4.85. The SMILES string of the molecule is Cc1nc(-c2ccccc2Cl)nc(Cl)c1I. The fourth-order valence-electron chi connectivity index (χ4n) is 1.29. The molecule has 0 unspecified atom stereocenters. The molecule has 0 saturated heterocycles. The van der Waals surface area contributed by atoms with Crippen LogP contribution in [-0.2, 0) is 0 Å². The van der Waals surface area contributed by atoms with Crippen LogP contribution >= 0.6 is 45.8 Å². The number of nitrogens with zero attached hydrogens (tertiary/aromatic N) is 2. The van der Waals surface area contributed by atoms with Gasteiger partial charge in [-0.25, -0.2) is 9.97 Å². The van der Waals surface area contributed by atoms with Crippen LogP contribution in [0.5, 0.6) is 0 Å². The van der Waals surface area contributed by atoms with E-state index in [9.17, 15) is 0 Å². The van der Waals surface area contributed by atoms with Crippen molar-refractivity contribution in [2.45, 2.75) is 6.92 Å². The highest BCUT2D eigenvalue weighted by Crippen LogP contribution is 2.27. The molecule has 0 saturated carbocycles. The average molecular weight is 365 g/mol. The van der Waals surface area contributed by atoms with Crippen molar-refractivity contribution >= 4 is 45.8 Å². The fourth-order valence-corrected chi connectivity index (χ4v) is 1.97. The molecule has 0 aliphatic rings. The highest BCUT2D eigenvalue weighted by molar-refractivity contribution is 14.1. The van der Waals surface area contributed by atoms with E-state index in [1.807, 2.05) is 25.1 Å². The maximum atomic E-state index is 6.08. The van der Waals surface area contributed by atoms with E-state index in [2.05, 4.69) is 32.6 Å². The number of rotatable bonds is 1. The third-order valence-electron chi connectivity index (χ3n) is 2.09. The molecular weight excluding hydrogens is 358 g/mol. The van der Waals surface area contributed by atoms with Crippen molar-refractivity contribution in [1.29, 1.82) is 0 Å². The minimum absolute atomic E-state index is 0.461. The lowest BCUT2D eigenvalue weighted by atomic mass is 10.2. The molecule has 0 bridgehead atoms. The molecule has 0 fully saturated rings.